The first-order valence-corrected chi connectivity index (χ1v) is 46.7. The number of unbranched alkanes of at least 4 members (excludes halogenated alkanes) is 1. The Labute approximate surface area is 807 Å². The second-order valence-corrected chi connectivity index (χ2v) is 34.2. The van der Waals surface area contributed by atoms with Crippen molar-refractivity contribution < 1.29 is 33.6 Å². The predicted octanol–water partition coefficient (Wildman–Crippen LogP) is 28.1. The largest absolute Gasteiger partial charge is 0.391 e. The molecule has 1 unspecified atom stereocenters. The molecule has 1 atom stereocenters. The van der Waals surface area contributed by atoms with Crippen LogP contribution in [0.1, 0.15) is 167 Å². The standard InChI is InChI=1S/C20H17NO.C19H15NO.4C17H19NO.C16H17NO/c22-20(13-14-21-15-16-7-2-1-3-8-16)19-12-6-10-17-9-4-5-11-18(17)19;21-19(13-14-20-16-9-2-1-3-10-16)18-12-6-8-15-7-4-5-11-17(15)18;1-17(2,3)18-12-11-16(19)15-10-6-8-13-7-4-5-9-14(13)15;1-13(2)12-18-11-10-17(19)16-9-5-7-14-6-3-4-8-15(14)16;1-3-13(2)18-12-11-17(19)16-10-6-8-14-7-4-5-9-15(14)16;1-2-3-12-18-13-11-17(19)16-10-6-8-14-7-4-5-9-15(14)16;1-12(2)17-11-10-16(18)15-9-5-7-13-6-3-4-8-14(13)15/h1-14,21H,15H2;1-14,20H;4-12,18H,1-3H3;3-11,13,18H,12H2,1-2H3;4-13,18H,3H2,1-2H3;4-11,13,18H,2-3,12H2,1H3;3-12,17H,1-2H3/b2*14-13-;12-11-;11-10-;12-11-;13-11-;11-10-. The number of para-hydroxylation sites is 1. The van der Waals surface area contributed by atoms with Crippen molar-refractivity contribution in [2.75, 3.05) is 18.4 Å². The van der Waals surface area contributed by atoms with Gasteiger partial charge in [-0.05, 0) is 153 Å². The van der Waals surface area contributed by atoms with Gasteiger partial charge in [-0.25, -0.2) is 0 Å². The zero-order chi connectivity index (χ0) is 97.4. The molecule has 7 N–H and O–H groups in total. The van der Waals surface area contributed by atoms with Gasteiger partial charge in [0, 0.05) is 168 Å². The maximum atomic E-state index is 12.3. The molecule has 16 aromatic carbocycles. The number of hydrogen-bond acceptors (Lipinski definition) is 14. The van der Waals surface area contributed by atoms with Crippen molar-refractivity contribution in [2.45, 2.75) is 113 Å². The van der Waals surface area contributed by atoms with Gasteiger partial charge in [0.2, 0.25) is 0 Å². The molecule has 14 nitrogen and oxygen atoms in total. The van der Waals surface area contributed by atoms with E-state index in [1.165, 1.54) is 5.56 Å². The number of anilines is 1. The zero-order valence-electron chi connectivity index (χ0n) is 80.0. The second kappa shape index (κ2) is 55.3. The molecule has 0 aliphatic carbocycles. The van der Waals surface area contributed by atoms with Crippen molar-refractivity contribution in [3.63, 3.8) is 0 Å². The van der Waals surface area contributed by atoms with Crippen molar-refractivity contribution in [3.8, 4) is 0 Å². The fourth-order valence-corrected chi connectivity index (χ4v) is 14.4. The number of carbonyl (C=O) groups excluding carboxylic acids is 7. The number of fused-ring (bicyclic) bond motifs is 7. The fourth-order valence-electron chi connectivity index (χ4n) is 14.4. The van der Waals surface area contributed by atoms with E-state index in [0.29, 0.717) is 24.5 Å². The third kappa shape index (κ3) is 33.5. The molecule has 0 saturated carbocycles. The number of benzene rings is 16. The van der Waals surface area contributed by atoms with E-state index in [-0.39, 0.29) is 46.0 Å². The SMILES string of the molecule is CC(C)(C)N/C=C\C(=O)c1cccc2ccccc12.CC(C)CN/C=C\C(=O)c1cccc2ccccc12.CC(C)N/C=C\C(=O)c1cccc2ccccc12.CCC(C)N/C=C\C(=O)c1cccc2ccccc12.CCCCN/C=C\C(=O)c1cccc2ccccc12.O=C(/C=C\NCc1ccccc1)c1cccc2ccccc12.O=C(/C=C\Nc1ccccc1)c1cccc2ccccc12. The Hall–Kier alpha value is -16.2. The Bertz CT molecular complexity index is 6860. The minimum Gasteiger partial charge on any atom is -0.391 e. The first kappa shape index (κ1) is 103. The monoisotopic (exact) mass is 1810 g/mol. The smallest absolute Gasteiger partial charge is 0.187 e. The van der Waals surface area contributed by atoms with Gasteiger partial charge in [0.25, 0.3) is 0 Å². The van der Waals surface area contributed by atoms with E-state index in [2.05, 4.69) is 92.6 Å². The van der Waals surface area contributed by atoms with Crippen molar-refractivity contribution in [1.82, 2.24) is 31.9 Å². The van der Waals surface area contributed by atoms with E-state index in [0.717, 1.165) is 152 Å². The van der Waals surface area contributed by atoms with E-state index in [9.17, 15) is 33.6 Å². The van der Waals surface area contributed by atoms with Crippen LogP contribution in [0.5, 0.6) is 0 Å². The van der Waals surface area contributed by atoms with Crippen molar-refractivity contribution in [3.05, 3.63) is 488 Å². The third-order valence-electron chi connectivity index (χ3n) is 21.7. The summed E-state index contributed by atoms with van der Waals surface area (Å²) in [5, 5.41) is 36.6. The lowest BCUT2D eigenvalue weighted by Crippen LogP contribution is -2.31. The lowest BCUT2D eigenvalue weighted by molar-refractivity contribution is 0.103. The summed E-state index contributed by atoms with van der Waals surface area (Å²) in [5.41, 5.74) is 7.31. The average Bonchev–Trinajstić information content (AvgIpc) is 0.857. The molecule has 0 heterocycles. The third-order valence-corrected chi connectivity index (χ3v) is 21.7. The Balaban J connectivity index is 0.000000165. The molecule has 694 valence electrons. The highest BCUT2D eigenvalue weighted by Crippen LogP contribution is 2.27. The minimum absolute atomic E-state index is 0.00442. The Morgan fingerprint density at radius 3 is 0.839 bits per heavy atom. The van der Waals surface area contributed by atoms with Crippen LogP contribution in [0.15, 0.2) is 444 Å². The number of carbonyl (C=O) groups is 7. The summed E-state index contributed by atoms with van der Waals surface area (Å²) >= 11 is 0. The van der Waals surface area contributed by atoms with Gasteiger partial charge < -0.3 is 37.2 Å². The fraction of sp³-hybridized carbons (Fsp3) is 0.163. The number of hydrogen-bond donors (Lipinski definition) is 7. The van der Waals surface area contributed by atoms with Crippen molar-refractivity contribution in [1.29, 1.82) is 0 Å². The molecular weight excluding hydrogens is 1690 g/mol. The molecule has 0 aromatic heterocycles. The summed E-state index contributed by atoms with van der Waals surface area (Å²) in [4.78, 5) is 85.5. The number of ketones is 7. The zero-order valence-corrected chi connectivity index (χ0v) is 80.0. The molecule has 0 aliphatic rings. The summed E-state index contributed by atoms with van der Waals surface area (Å²) in [6.07, 6.45) is 26.5. The molecule has 0 bridgehead atoms. The summed E-state index contributed by atoms with van der Waals surface area (Å²) in [6, 6.07) is 117. The van der Waals surface area contributed by atoms with Crippen molar-refractivity contribution in [2.24, 2.45) is 5.92 Å². The van der Waals surface area contributed by atoms with E-state index in [4.69, 9.17) is 0 Å². The molecule has 0 saturated heterocycles. The number of nitrogens with one attached hydrogen (secondary N) is 7. The molecule has 0 fully saturated rings. The second-order valence-electron chi connectivity index (χ2n) is 34.2. The Kier molecular flexibility index (Phi) is 41.6. The molecule has 0 radical (unpaired) electrons. The van der Waals surface area contributed by atoms with Crippen LogP contribution in [0.3, 0.4) is 0 Å². The molecule has 137 heavy (non-hydrogen) atoms. The topological polar surface area (TPSA) is 204 Å². The lowest BCUT2D eigenvalue weighted by Gasteiger charge is -2.18. The molecular formula is C123H125N7O7. The normalized spacial score (nSPS) is 11.4. The predicted molar refractivity (Wildman–Crippen MR) is 575 cm³/mol. The summed E-state index contributed by atoms with van der Waals surface area (Å²) in [6.45, 7) is 23.3. The molecule has 16 aromatic rings. The van der Waals surface area contributed by atoms with Crippen LogP contribution < -0.4 is 37.2 Å². The average molecular weight is 1810 g/mol. The summed E-state index contributed by atoms with van der Waals surface area (Å²) in [7, 11) is 0. The van der Waals surface area contributed by atoms with Crippen LogP contribution >= 0.6 is 0 Å². The van der Waals surface area contributed by atoms with Crippen LogP contribution in [0.2, 0.25) is 0 Å². The molecule has 0 amide bonds. The van der Waals surface area contributed by atoms with E-state index in [1.807, 2.05) is 372 Å². The molecule has 16 rings (SSSR count). The number of allylic oxidation sites excluding steroid dienone is 7. The van der Waals surface area contributed by atoms with Crippen LogP contribution in [0.25, 0.3) is 75.4 Å². The van der Waals surface area contributed by atoms with Gasteiger partial charge in [-0.1, -0.05) is 380 Å². The molecule has 14 heteroatoms. The van der Waals surface area contributed by atoms with Gasteiger partial charge in [0.05, 0.1) is 0 Å². The quantitative estimate of drug-likeness (QED) is 0.0119. The maximum Gasteiger partial charge on any atom is 0.187 e. The summed E-state index contributed by atoms with van der Waals surface area (Å²) in [5.74, 6) is 0.736. The van der Waals surface area contributed by atoms with Crippen LogP contribution in [-0.4, -0.2) is 71.2 Å². The van der Waals surface area contributed by atoms with Gasteiger partial charge >= 0.3 is 0 Å². The first-order chi connectivity index (χ1) is 66.6. The van der Waals surface area contributed by atoms with Crippen LogP contribution in [0.4, 0.5) is 5.69 Å². The van der Waals surface area contributed by atoms with Gasteiger partial charge in [-0.15, -0.1) is 0 Å². The lowest BCUT2D eigenvalue weighted by atomic mass is 10.0. The molecule has 0 aliphatic heterocycles. The number of rotatable bonds is 32. The van der Waals surface area contributed by atoms with E-state index in [1.54, 1.807) is 85.9 Å². The highest BCUT2D eigenvalue weighted by Gasteiger charge is 2.15. The highest BCUT2D eigenvalue weighted by molar-refractivity contribution is 6.18. The van der Waals surface area contributed by atoms with Crippen LogP contribution in [0, 0.1) is 5.92 Å². The van der Waals surface area contributed by atoms with Gasteiger partial charge in [0.1, 0.15) is 0 Å². The summed E-state index contributed by atoms with van der Waals surface area (Å²) < 4.78 is 0. The highest BCUT2D eigenvalue weighted by atomic mass is 16.1. The Morgan fingerprint density at radius 2 is 0.540 bits per heavy atom. The van der Waals surface area contributed by atoms with E-state index >= 15 is 0 Å². The van der Waals surface area contributed by atoms with Gasteiger partial charge in [-0.3, -0.25) is 33.6 Å². The van der Waals surface area contributed by atoms with E-state index < -0.39 is 0 Å². The Morgan fingerprint density at radius 1 is 0.277 bits per heavy atom. The van der Waals surface area contributed by atoms with Gasteiger partial charge in [-0.2, -0.15) is 0 Å². The van der Waals surface area contributed by atoms with Crippen LogP contribution in [-0.2, 0) is 6.54 Å². The van der Waals surface area contributed by atoms with Gasteiger partial charge in [0.15, 0.2) is 40.5 Å². The first-order valence-electron chi connectivity index (χ1n) is 46.7. The minimum atomic E-state index is -0.0322. The maximum absolute atomic E-state index is 12.3. The van der Waals surface area contributed by atoms with Crippen molar-refractivity contribution >= 4 is 122 Å². The molecule has 0 spiro atoms.